The topological polar surface area (TPSA) is 110 Å². The second-order valence-electron chi connectivity index (χ2n) is 7.05. The van der Waals surface area contributed by atoms with Gasteiger partial charge in [-0.25, -0.2) is 4.79 Å². The van der Waals surface area contributed by atoms with E-state index in [-0.39, 0.29) is 28.3 Å². The normalized spacial score (nSPS) is 18.5. The van der Waals surface area contributed by atoms with Crippen LogP contribution in [0, 0.1) is 10.1 Å². The van der Waals surface area contributed by atoms with E-state index in [4.69, 9.17) is 27.9 Å². The number of ether oxygens (including phenoxy) is 1. The molecule has 0 saturated carbocycles. The minimum atomic E-state index is -0.673. The van der Waals surface area contributed by atoms with Gasteiger partial charge in [-0.2, -0.15) is 9.97 Å². The molecule has 0 radical (unpaired) electrons. The van der Waals surface area contributed by atoms with Gasteiger partial charge in [0.25, 0.3) is 0 Å². The van der Waals surface area contributed by atoms with Gasteiger partial charge in [0, 0.05) is 12.6 Å². The molecule has 2 unspecified atom stereocenters. The summed E-state index contributed by atoms with van der Waals surface area (Å²) in [6.45, 7) is 7.75. The number of carbonyl (C=O) groups is 1. The maximum Gasteiger partial charge on any atom is 0.410 e. The van der Waals surface area contributed by atoms with Crippen LogP contribution in [0.5, 0.6) is 0 Å². The van der Waals surface area contributed by atoms with Gasteiger partial charge >= 0.3 is 11.8 Å². The van der Waals surface area contributed by atoms with Crippen molar-refractivity contribution in [2.75, 3.05) is 11.9 Å². The first-order valence-corrected chi connectivity index (χ1v) is 8.89. The Labute approximate surface area is 161 Å². The molecular formula is C15H21Cl2N5O4. The van der Waals surface area contributed by atoms with Crippen LogP contribution in [0.1, 0.15) is 40.5 Å². The lowest BCUT2D eigenvalue weighted by Crippen LogP contribution is -2.46. The molecule has 0 aliphatic carbocycles. The summed E-state index contributed by atoms with van der Waals surface area (Å²) in [4.78, 5) is 32.1. The van der Waals surface area contributed by atoms with Gasteiger partial charge in [-0.15, -0.1) is 0 Å². The van der Waals surface area contributed by atoms with Crippen LogP contribution in [0.3, 0.4) is 0 Å². The van der Waals surface area contributed by atoms with Gasteiger partial charge in [0.1, 0.15) is 5.60 Å². The van der Waals surface area contributed by atoms with Crippen molar-refractivity contribution in [3.63, 3.8) is 0 Å². The lowest BCUT2D eigenvalue weighted by molar-refractivity contribution is -0.384. The molecule has 144 valence electrons. The van der Waals surface area contributed by atoms with E-state index in [1.165, 1.54) is 0 Å². The van der Waals surface area contributed by atoms with E-state index >= 15 is 0 Å². The number of nitrogens with zero attached hydrogens (tertiary/aromatic N) is 4. The number of halogens is 2. The fourth-order valence-corrected chi connectivity index (χ4v) is 3.29. The smallest absolute Gasteiger partial charge is 0.410 e. The van der Waals surface area contributed by atoms with Gasteiger partial charge < -0.3 is 15.0 Å². The predicted molar refractivity (Wildman–Crippen MR) is 97.8 cm³/mol. The number of likely N-dealkylation sites (tertiary alicyclic amines) is 1. The SMILES string of the molecule is CC(Nc1nc(Cl)nc(Cl)c1[N+](=O)[O-])C1CCCN1C(=O)OC(C)(C)C. The summed E-state index contributed by atoms with van der Waals surface area (Å²) >= 11 is 11.6. The van der Waals surface area contributed by atoms with Crippen molar-refractivity contribution in [3.05, 3.63) is 20.6 Å². The predicted octanol–water partition coefficient (Wildman–Crippen LogP) is 3.89. The monoisotopic (exact) mass is 405 g/mol. The van der Waals surface area contributed by atoms with E-state index in [0.29, 0.717) is 6.54 Å². The summed E-state index contributed by atoms with van der Waals surface area (Å²) in [7, 11) is 0. The average Bonchev–Trinajstić information content (AvgIpc) is 2.93. The first-order valence-electron chi connectivity index (χ1n) is 8.13. The van der Waals surface area contributed by atoms with Crippen LogP contribution in [0.25, 0.3) is 0 Å². The standard InChI is InChI=1S/C15H21Cl2N5O4/c1-8(9-6-5-7-21(9)14(23)26-15(2,3)4)18-12-10(22(24)25)11(16)19-13(17)20-12/h8-9H,5-7H2,1-4H3,(H,18,19,20). The number of aromatic nitrogens is 2. The van der Waals surface area contributed by atoms with Crippen LogP contribution in [-0.2, 0) is 4.74 Å². The van der Waals surface area contributed by atoms with Crippen molar-refractivity contribution < 1.29 is 14.5 Å². The van der Waals surface area contributed by atoms with Gasteiger partial charge in [-0.1, -0.05) is 11.6 Å². The molecule has 2 rings (SSSR count). The molecule has 0 spiro atoms. The van der Waals surface area contributed by atoms with Crippen molar-refractivity contribution >= 4 is 40.8 Å². The van der Waals surface area contributed by atoms with E-state index in [0.717, 1.165) is 12.8 Å². The molecule has 2 heterocycles. The van der Waals surface area contributed by atoms with Gasteiger partial charge in [-0.3, -0.25) is 10.1 Å². The van der Waals surface area contributed by atoms with Gasteiger partial charge in [0.05, 0.1) is 11.0 Å². The Kier molecular flexibility index (Phi) is 6.13. The van der Waals surface area contributed by atoms with Crippen LogP contribution in [0.4, 0.5) is 16.3 Å². The highest BCUT2D eigenvalue weighted by Gasteiger charge is 2.36. The van der Waals surface area contributed by atoms with Crippen LogP contribution in [0.15, 0.2) is 0 Å². The summed E-state index contributed by atoms with van der Waals surface area (Å²) in [5, 5.41) is 13.7. The van der Waals surface area contributed by atoms with Crippen LogP contribution in [-0.4, -0.2) is 50.1 Å². The fourth-order valence-electron chi connectivity index (χ4n) is 2.84. The van der Waals surface area contributed by atoms with E-state index in [1.54, 1.807) is 32.6 Å². The van der Waals surface area contributed by atoms with Crippen molar-refractivity contribution in [2.24, 2.45) is 0 Å². The third kappa shape index (κ3) is 4.85. The zero-order valence-corrected chi connectivity index (χ0v) is 16.5. The lowest BCUT2D eigenvalue weighted by atomic mass is 10.1. The Morgan fingerprint density at radius 1 is 1.42 bits per heavy atom. The van der Waals surface area contributed by atoms with Crippen LogP contribution >= 0.6 is 23.2 Å². The van der Waals surface area contributed by atoms with Crippen molar-refractivity contribution in [3.8, 4) is 0 Å². The summed E-state index contributed by atoms with van der Waals surface area (Å²) in [6, 6.07) is -0.553. The average molecular weight is 406 g/mol. The van der Waals surface area contributed by atoms with Crippen molar-refractivity contribution in [2.45, 2.75) is 58.2 Å². The third-order valence-electron chi connectivity index (χ3n) is 3.87. The highest BCUT2D eigenvalue weighted by atomic mass is 35.5. The molecular weight excluding hydrogens is 385 g/mol. The lowest BCUT2D eigenvalue weighted by Gasteiger charge is -2.32. The number of nitrogens with one attached hydrogen (secondary N) is 1. The zero-order valence-electron chi connectivity index (χ0n) is 15.0. The first kappa shape index (κ1) is 20.4. The largest absolute Gasteiger partial charge is 0.444 e. The van der Waals surface area contributed by atoms with E-state index in [1.807, 2.05) is 0 Å². The fraction of sp³-hybridized carbons (Fsp3) is 0.667. The molecule has 2 atom stereocenters. The molecule has 0 aromatic carbocycles. The van der Waals surface area contributed by atoms with E-state index in [2.05, 4.69) is 15.3 Å². The Hall–Kier alpha value is -1.87. The molecule has 1 amide bonds. The van der Waals surface area contributed by atoms with Gasteiger partial charge in [-0.05, 0) is 52.1 Å². The van der Waals surface area contributed by atoms with Gasteiger partial charge in [0.2, 0.25) is 16.3 Å². The van der Waals surface area contributed by atoms with E-state index in [9.17, 15) is 14.9 Å². The Balaban J connectivity index is 2.20. The molecule has 1 fully saturated rings. The summed E-state index contributed by atoms with van der Waals surface area (Å²) in [5.74, 6) is -0.0801. The third-order valence-corrected chi connectivity index (χ3v) is 4.30. The molecule has 0 bridgehead atoms. The Morgan fingerprint density at radius 2 is 2.08 bits per heavy atom. The number of carbonyl (C=O) groups excluding carboxylic acids is 1. The quantitative estimate of drug-likeness (QED) is 0.350. The number of hydrogen-bond donors (Lipinski definition) is 1. The molecule has 1 aliphatic rings. The molecule has 1 aromatic rings. The minimum Gasteiger partial charge on any atom is -0.444 e. The highest BCUT2D eigenvalue weighted by molar-refractivity contribution is 6.33. The van der Waals surface area contributed by atoms with Crippen molar-refractivity contribution in [1.82, 2.24) is 14.9 Å². The van der Waals surface area contributed by atoms with Crippen molar-refractivity contribution in [1.29, 1.82) is 0 Å². The minimum absolute atomic E-state index is 0.0801. The molecule has 1 aliphatic heterocycles. The first-order chi connectivity index (χ1) is 12.0. The maximum atomic E-state index is 12.4. The van der Waals surface area contributed by atoms with E-state index < -0.39 is 22.3 Å². The van der Waals surface area contributed by atoms with Gasteiger partial charge in [0.15, 0.2) is 0 Å². The number of rotatable bonds is 4. The highest BCUT2D eigenvalue weighted by Crippen LogP contribution is 2.32. The Morgan fingerprint density at radius 3 is 2.65 bits per heavy atom. The summed E-state index contributed by atoms with van der Waals surface area (Å²) in [6.07, 6.45) is 1.12. The summed E-state index contributed by atoms with van der Waals surface area (Å²) < 4.78 is 5.44. The zero-order chi connectivity index (χ0) is 19.6. The molecule has 1 saturated heterocycles. The second kappa shape index (κ2) is 7.79. The molecule has 26 heavy (non-hydrogen) atoms. The second-order valence-corrected chi connectivity index (χ2v) is 7.75. The molecule has 9 nitrogen and oxygen atoms in total. The molecule has 11 heteroatoms. The number of anilines is 1. The molecule has 1 N–H and O–H groups in total. The van der Waals surface area contributed by atoms with Crippen LogP contribution in [0.2, 0.25) is 10.4 Å². The number of hydrogen-bond acceptors (Lipinski definition) is 7. The molecule has 1 aromatic heterocycles. The maximum absolute atomic E-state index is 12.4. The number of nitro groups is 1. The summed E-state index contributed by atoms with van der Waals surface area (Å²) in [5.41, 5.74) is -1.06. The number of amides is 1. The Bertz CT molecular complexity index is 710. The van der Waals surface area contributed by atoms with Crippen LogP contribution < -0.4 is 5.32 Å².